The van der Waals surface area contributed by atoms with Crippen LogP contribution in [0.4, 0.5) is 0 Å². The van der Waals surface area contributed by atoms with Gasteiger partial charge in [-0.2, -0.15) is 0 Å². The first kappa shape index (κ1) is 25.0. The van der Waals surface area contributed by atoms with E-state index in [0.29, 0.717) is 25.3 Å². The molecule has 0 spiro atoms. The Labute approximate surface area is 202 Å². The van der Waals surface area contributed by atoms with Gasteiger partial charge in [0.2, 0.25) is 5.91 Å². The van der Waals surface area contributed by atoms with Crippen LogP contribution in [0.5, 0.6) is 5.75 Å². The maximum absolute atomic E-state index is 13.5. The van der Waals surface area contributed by atoms with Crippen molar-refractivity contribution in [3.63, 3.8) is 0 Å². The molecule has 0 fully saturated rings. The summed E-state index contributed by atoms with van der Waals surface area (Å²) >= 11 is 0. The Hall–Kier alpha value is -3.60. The van der Waals surface area contributed by atoms with Crippen LogP contribution in [0, 0.1) is 20.8 Å². The average molecular weight is 459 g/mol. The number of amides is 2. The number of carbonyl (C=O) groups excluding carboxylic acids is 2. The maximum atomic E-state index is 13.5. The van der Waals surface area contributed by atoms with Crippen LogP contribution >= 0.6 is 0 Å². The fourth-order valence-corrected chi connectivity index (χ4v) is 3.88. The molecule has 0 saturated heterocycles. The SMILES string of the molecule is CCNC(=O)[C@@H](Cc1ccccc1)N(Cc1cccc(C)c1)C(=O)COc1ccc(C)c(C)c1. The highest BCUT2D eigenvalue weighted by molar-refractivity contribution is 5.88. The molecular formula is C29H34N2O3. The first-order valence-corrected chi connectivity index (χ1v) is 11.7. The van der Waals surface area contributed by atoms with Crippen molar-refractivity contribution in [1.29, 1.82) is 0 Å². The summed E-state index contributed by atoms with van der Waals surface area (Å²) in [6.07, 6.45) is 0.424. The Balaban J connectivity index is 1.89. The van der Waals surface area contributed by atoms with Crippen LogP contribution in [-0.2, 0) is 22.6 Å². The quantitative estimate of drug-likeness (QED) is 0.476. The summed E-state index contributed by atoms with van der Waals surface area (Å²) < 4.78 is 5.86. The number of carbonyl (C=O) groups is 2. The normalized spacial score (nSPS) is 11.5. The molecule has 0 aliphatic carbocycles. The molecule has 0 unspecified atom stereocenters. The summed E-state index contributed by atoms with van der Waals surface area (Å²) in [5.74, 6) is 0.245. The zero-order valence-electron chi connectivity index (χ0n) is 20.5. The average Bonchev–Trinajstić information content (AvgIpc) is 2.82. The van der Waals surface area contributed by atoms with E-state index in [9.17, 15) is 9.59 Å². The lowest BCUT2D eigenvalue weighted by atomic mass is 10.0. The number of likely N-dealkylation sites (N-methyl/N-ethyl adjacent to an activating group) is 1. The summed E-state index contributed by atoms with van der Waals surface area (Å²) in [4.78, 5) is 28.3. The molecule has 3 rings (SSSR count). The number of hydrogen-bond donors (Lipinski definition) is 1. The molecule has 0 bridgehead atoms. The van der Waals surface area contributed by atoms with Gasteiger partial charge in [-0.25, -0.2) is 0 Å². The van der Waals surface area contributed by atoms with Crippen molar-refractivity contribution >= 4 is 11.8 Å². The lowest BCUT2D eigenvalue weighted by Crippen LogP contribution is -2.51. The molecule has 1 atom stereocenters. The Morgan fingerprint density at radius 2 is 1.62 bits per heavy atom. The van der Waals surface area contributed by atoms with Gasteiger partial charge in [-0.05, 0) is 62.1 Å². The molecule has 0 aromatic heterocycles. The largest absolute Gasteiger partial charge is 0.484 e. The van der Waals surface area contributed by atoms with Crippen LogP contribution in [0.1, 0.15) is 34.7 Å². The number of rotatable bonds is 10. The van der Waals surface area contributed by atoms with Crippen molar-refractivity contribution in [2.45, 2.75) is 46.7 Å². The maximum Gasteiger partial charge on any atom is 0.261 e. The number of nitrogens with one attached hydrogen (secondary N) is 1. The minimum atomic E-state index is -0.654. The van der Waals surface area contributed by atoms with Gasteiger partial charge in [-0.15, -0.1) is 0 Å². The first-order chi connectivity index (χ1) is 16.4. The van der Waals surface area contributed by atoms with Gasteiger partial charge < -0.3 is 15.0 Å². The Kier molecular flexibility index (Phi) is 8.86. The summed E-state index contributed by atoms with van der Waals surface area (Å²) in [5, 5.41) is 2.91. The summed E-state index contributed by atoms with van der Waals surface area (Å²) in [7, 11) is 0. The molecule has 0 aliphatic rings. The van der Waals surface area contributed by atoms with E-state index in [-0.39, 0.29) is 18.4 Å². The lowest BCUT2D eigenvalue weighted by molar-refractivity contribution is -0.142. The van der Waals surface area contributed by atoms with Gasteiger partial charge in [0.1, 0.15) is 11.8 Å². The number of hydrogen-bond acceptors (Lipinski definition) is 3. The molecule has 3 aromatic rings. The van der Waals surface area contributed by atoms with E-state index in [1.165, 1.54) is 5.56 Å². The molecule has 5 heteroatoms. The molecule has 1 N–H and O–H groups in total. The lowest BCUT2D eigenvalue weighted by Gasteiger charge is -2.31. The Morgan fingerprint density at radius 3 is 2.29 bits per heavy atom. The van der Waals surface area contributed by atoms with E-state index in [4.69, 9.17) is 4.74 Å². The van der Waals surface area contributed by atoms with Crippen molar-refractivity contribution in [3.8, 4) is 5.75 Å². The fourth-order valence-electron chi connectivity index (χ4n) is 3.88. The second-order valence-corrected chi connectivity index (χ2v) is 8.65. The molecule has 3 aromatic carbocycles. The van der Waals surface area contributed by atoms with E-state index in [1.54, 1.807) is 4.90 Å². The van der Waals surface area contributed by atoms with Crippen LogP contribution in [-0.4, -0.2) is 35.9 Å². The third kappa shape index (κ3) is 6.95. The van der Waals surface area contributed by atoms with E-state index in [1.807, 2.05) is 100 Å². The number of nitrogens with zero attached hydrogens (tertiary/aromatic N) is 1. The number of aryl methyl sites for hydroxylation is 3. The second-order valence-electron chi connectivity index (χ2n) is 8.65. The van der Waals surface area contributed by atoms with Crippen molar-refractivity contribution in [3.05, 3.63) is 101 Å². The molecular weight excluding hydrogens is 424 g/mol. The van der Waals surface area contributed by atoms with E-state index in [2.05, 4.69) is 5.32 Å². The fraction of sp³-hybridized carbons (Fsp3) is 0.310. The smallest absolute Gasteiger partial charge is 0.261 e. The third-order valence-electron chi connectivity index (χ3n) is 5.90. The molecule has 2 amide bonds. The van der Waals surface area contributed by atoms with Crippen molar-refractivity contribution in [1.82, 2.24) is 10.2 Å². The number of ether oxygens (including phenoxy) is 1. The van der Waals surface area contributed by atoms with E-state index in [0.717, 1.165) is 22.3 Å². The van der Waals surface area contributed by atoms with Crippen molar-refractivity contribution in [2.24, 2.45) is 0 Å². The van der Waals surface area contributed by atoms with Crippen molar-refractivity contribution < 1.29 is 14.3 Å². The zero-order valence-corrected chi connectivity index (χ0v) is 20.5. The van der Waals surface area contributed by atoms with Gasteiger partial charge >= 0.3 is 0 Å². The summed E-state index contributed by atoms with van der Waals surface area (Å²) in [5.41, 5.74) is 5.34. The highest BCUT2D eigenvalue weighted by Gasteiger charge is 2.30. The van der Waals surface area contributed by atoms with Crippen LogP contribution in [0.25, 0.3) is 0 Å². The molecule has 0 radical (unpaired) electrons. The van der Waals surface area contributed by atoms with E-state index < -0.39 is 6.04 Å². The standard InChI is InChI=1S/C29H34N2O3/c1-5-30-29(33)27(18-24-11-7-6-8-12-24)31(19-25-13-9-10-21(2)16-25)28(32)20-34-26-15-14-22(3)23(4)17-26/h6-17,27H,5,18-20H2,1-4H3,(H,30,33)/t27-/m1/s1. The van der Waals surface area contributed by atoms with Crippen LogP contribution < -0.4 is 10.1 Å². The second kappa shape index (κ2) is 12.0. The Morgan fingerprint density at radius 1 is 0.882 bits per heavy atom. The molecule has 0 heterocycles. The highest BCUT2D eigenvalue weighted by atomic mass is 16.5. The van der Waals surface area contributed by atoms with Gasteiger partial charge in [-0.1, -0.05) is 66.2 Å². The van der Waals surface area contributed by atoms with Gasteiger partial charge in [0.15, 0.2) is 6.61 Å². The highest BCUT2D eigenvalue weighted by Crippen LogP contribution is 2.19. The minimum absolute atomic E-state index is 0.140. The predicted octanol–water partition coefficient (Wildman–Crippen LogP) is 4.77. The minimum Gasteiger partial charge on any atom is -0.484 e. The third-order valence-corrected chi connectivity index (χ3v) is 5.90. The number of benzene rings is 3. The van der Waals surface area contributed by atoms with Crippen LogP contribution in [0.2, 0.25) is 0 Å². The van der Waals surface area contributed by atoms with Crippen molar-refractivity contribution in [2.75, 3.05) is 13.2 Å². The monoisotopic (exact) mass is 458 g/mol. The summed E-state index contributed by atoms with van der Waals surface area (Å²) in [6, 6.07) is 22.9. The van der Waals surface area contributed by atoms with Gasteiger partial charge in [-0.3, -0.25) is 9.59 Å². The zero-order chi connectivity index (χ0) is 24.5. The van der Waals surface area contributed by atoms with Crippen LogP contribution in [0.15, 0.2) is 72.8 Å². The molecule has 34 heavy (non-hydrogen) atoms. The van der Waals surface area contributed by atoms with Gasteiger partial charge in [0, 0.05) is 19.5 Å². The van der Waals surface area contributed by atoms with Crippen LogP contribution in [0.3, 0.4) is 0 Å². The Bertz CT molecular complexity index is 1110. The van der Waals surface area contributed by atoms with Gasteiger partial charge in [0.05, 0.1) is 0 Å². The molecule has 0 saturated carbocycles. The molecule has 0 aliphatic heterocycles. The predicted molar refractivity (Wildman–Crippen MR) is 136 cm³/mol. The molecule has 178 valence electrons. The first-order valence-electron chi connectivity index (χ1n) is 11.7. The van der Waals surface area contributed by atoms with E-state index >= 15 is 0 Å². The molecule has 5 nitrogen and oxygen atoms in total. The summed E-state index contributed by atoms with van der Waals surface area (Å²) in [6.45, 7) is 8.63. The van der Waals surface area contributed by atoms with Gasteiger partial charge in [0.25, 0.3) is 5.91 Å². The topological polar surface area (TPSA) is 58.6 Å².